The zero-order chi connectivity index (χ0) is 15.1. The van der Waals surface area contributed by atoms with E-state index in [1.54, 1.807) is 27.7 Å². The molecule has 0 unspecified atom stereocenters. The number of esters is 1. The van der Waals surface area contributed by atoms with Crippen molar-refractivity contribution in [3.63, 3.8) is 0 Å². The molecule has 112 valence electrons. The van der Waals surface area contributed by atoms with Gasteiger partial charge in [-0.15, -0.1) is 0 Å². The summed E-state index contributed by atoms with van der Waals surface area (Å²) in [6.07, 6.45) is 0.255. The Labute approximate surface area is 118 Å². The van der Waals surface area contributed by atoms with Crippen LogP contribution in [0.5, 0.6) is 0 Å². The maximum Gasteiger partial charge on any atom is 0.411 e. The lowest BCUT2D eigenvalue weighted by Gasteiger charge is -2.34. The van der Waals surface area contributed by atoms with Crippen LogP contribution < -0.4 is 0 Å². The Balaban J connectivity index is 2.20. The van der Waals surface area contributed by atoms with Crippen molar-refractivity contribution in [2.75, 3.05) is 6.61 Å². The van der Waals surface area contributed by atoms with Crippen LogP contribution in [0.15, 0.2) is 0 Å². The normalized spacial score (nSPS) is 28.7. The van der Waals surface area contributed by atoms with Gasteiger partial charge in [0.2, 0.25) is 0 Å². The van der Waals surface area contributed by atoms with E-state index < -0.39 is 29.7 Å². The maximum atomic E-state index is 12.3. The molecule has 2 fully saturated rings. The molecule has 0 radical (unpaired) electrons. The fourth-order valence-corrected chi connectivity index (χ4v) is 2.92. The summed E-state index contributed by atoms with van der Waals surface area (Å²) in [5.74, 6) is -0.584. The van der Waals surface area contributed by atoms with Crippen LogP contribution in [0.25, 0.3) is 0 Å². The van der Waals surface area contributed by atoms with Crippen LogP contribution in [0.1, 0.15) is 40.5 Å². The summed E-state index contributed by atoms with van der Waals surface area (Å²) in [6.45, 7) is 7.22. The van der Waals surface area contributed by atoms with Crippen LogP contribution in [-0.4, -0.2) is 47.0 Å². The number of ether oxygens (including phenoxy) is 2. The van der Waals surface area contributed by atoms with E-state index in [9.17, 15) is 14.4 Å². The average molecular weight is 283 g/mol. The molecule has 0 aromatic carbocycles. The second-order valence-electron chi connectivity index (χ2n) is 6.27. The fraction of sp³-hybridized carbons (Fsp3) is 0.786. The number of amides is 1. The molecule has 6 nitrogen and oxygen atoms in total. The minimum Gasteiger partial charge on any atom is -0.464 e. The summed E-state index contributed by atoms with van der Waals surface area (Å²) in [5.41, 5.74) is -0.666. The number of piperidine rings is 1. The molecule has 1 heterocycles. The van der Waals surface area contributed by atoms with E-state index in [0.717, 1.165) is 0 Å². The molecule has 1 saturated carbocycles. The van der Waals surface area contributed by atoms with Crippen molar-refractivity contribution in [1.29, 1.82) is 0 Å². The van der Waals surface area contributed by atoms with Crippen molar-refractivity contribution in [2.24, 2.45) is 5.92 Å². The van der Waals surface area contributed by atoms with Crippen LogP contribution in [0.4, 0.5) is 4.79 Å². The Morgan fingerprint density at radius 1 is 1.35 bits per heavy atom. The van der Waals surface area contributed by atoms with Crippen molar-refractivity contribution in [2.45, 2.75) is 58.2 Å². The summed E-state index contributed by atoms with van der Waals surface area (Å²) < 4.78 is 10.3. The number of likely N-dealkylation sites (tertiary alicyclic amines) is 1. The smallest absolute Gasteiger partial charge is 0.411 e. The van der Waals surface area contributed by atoms with Gasteiger partial charge in [0.25, 0.3) is 0 Å². The van der Waals surface area contributed by atoms with E-state index >= 15 is 0 Å². The molecule has 1 saturated heterocycles. The van der Waals surface area contributed by atoms with Gasteiger partial charge in [0.15, 0.2) is 5.78 Å². The highest BCUT2D eigenvalue weighted by Crippen LogP contribution is 2.41. The molecule has 2 aliphatic rings. The molecule has 1 amide bonds. The summed E-state index contributed by atoms with van der Waals surface area (Å²) in [6, 6.07) is -1.23. The third-order valence-electron chi connectivity index (χ3n) is 3.58. The van der Waals surface area contributed by atoms with Gasteiger partial charge in [-0.2, -0.15) is 0 Å². The third-order valence-corrected chi connectivity index (χ3v) is 3.58. The molecule has 3 atom stereocenters. The van der Waals surface area contributed by atoms with Gasteiger partial charge >= 0.3 is 12.1 Å². The topological polar surface area (TPSA) is 72.9 Å². The molecule has 0 spiro atoms. The second-order valence-corrected chi connectivity index (χ2v) is 6.27. The van der Waals surface area contributed by atoms with E-state index in [4.69, 9.17) is 9.47 Å². The summed E-state index contributed by atoms with van der Waals surface area (Å²) >= 11 is 0. The van der Waals surface area contributed by atoms with Crippen LogP contribution in [0, 0.1) is 5.92 Å². The van der Waals surface area contributed by atoms with Crippen molar-refractivity contribution in [3.8, 4) is 0 Å². The Bertz CT molecular complexity index is 439. The van der Waals surface area contributed by atoms with Gasteiger partial charge in [-0.1, -0.05) is 0 Å². The molecule has 6 heteroatoms. The van der Waals surface area contributed by atoms with Gasteiger partial charge in [-0.05, 0) is 40.0 Å². The van der Waals surface area contributed by atoms with Gasteiger partial charge < -0.3 is 9.47 Å². The monoisotopic (exact) mass is 283 g/mol. The lowest BCUT2D eigenvalue weighted by atomic mass is 9.98. The van der Waals surface area contributed by atoms with E-state index in [1.165, 1.54) is 4.90 Å². The van der Waals surface area contributed by atoms with Crippen LogP contribution in [0.2, 0.25) is 0 Å². The Hall–Kier alpha value is -1.59. The number of fused-ring (bicyclic) bond motifs is 2. The standard InChI is InChI=1S/C14H21NO5/c1-5-19-12(17)11-8-6-9(10(16)7-8)15(11)13(18)20-14(2,3)4/h8-9,11H,5-7H2,1-4H3/t8-,9+,11-/m0/s1. The molecule has 1 aliphatic heterocycles. The molecule has 20 heavy (non-hydrogen) atoms. The predicted molar refractivity (Wildman–Crippen MR) is 70.0 cm³/mol. The number of carbonyl (C=O) groups is 3. The fourth-order valence-electron chi connectivity index (χ4n) is 2.92. The zero-order valence-electron chi connectivity index (χ0n) is 12.3. The van der Waals surface area contributed by atoms with Crippen molar-refractivity contribution < 1.29 is 23.9 Å². The molecule has 0 N–H and O–H groups in total. The maximum absolute atomic E-state index is 12.3. The van der Waals surface area contributed by atoms with Crippen molar-refractivity contribution in [1.82, 2.24) is 4.90 Å². The minimum atomic E-state index is -0.688. The highest BCUT2D eigenvalue weighted by Gasteiger charge is 2.57. The number of hydrogen-bond donors (Lipinski definition) is 0. The first-order valence-electron chi connectivity index (χ1n) is 6.95. The number of Topliss-reactive ketones (excluding diaryl/α,β-unsaturated/α-hetero) is 1. The van der Waals surface area contributed by atoms with Gasteiger partial charge in [0, 0.05) is 6.42 Å². The molecule has 1 aliphatic carbocycles. The lowest BCUT2D eigenvalue weighted by molar-refractivity contribution is -0.152. The quantitative estimate of drug-likeness (QED) is 0.718. The Kier molecular flexibility index (Phi) is 3.75. The first-order valence-corrected chi connectivity index (χ1v) is 6.95. The van der Waals surface area contributed by atoms with Gasteiger partial charge in [-0.25, -0.2) is 9.59 Å². The van der Waals surface area contributed by atoms with E-state index in [1.807, 2.05) is 0 Å². The van der Waals surface area contributed by atoms with Gasteiger partial charge in [0.05, 0.1) is 12.6 Å². The van der Waals surface area contributed by atoms with Gasteiger partial charge in [-0.3, -0.25) is 9.69 Å². The largest absolute Gasteiger partial charge is 0.464 e. The number of carbonyl (C=O) groups excluding carboxylic acids is 3. The molecule has 0 aromatic rings. The zero-order valence-corrected chi connectivity index (χ0v) is 12.3. The number of ketones is 1. The third kappa shape index (κ3) is 2.64. The first-order chi connectivity index (χ1) is 9.24. The van der Waals surface area contributed by atoms with E-state index in [-0.39, 0.29) is 18.3 Å². The number of hydrogen-bond acceptors (Lipinski definition) is 5. The predicted octanol–water partition coefficient (Wildman–Crippen LogP) is 1.52. The number of rotatable bonds is 2. The summed E-state index contributed by atoms with van der Waals surface area (Å²) in [5, 5.41) is 0. The van der Waals surface area contributed by atoms with Crippen LogP contribution in [-0.2, 0) is 19.1 Å². The van der Waals surface area contributed by atoms with Crippen LogP contribution >= 0.6 is 0 Å². The summed E-state index contributed by atoms with van der Waals surface area (Å²) in [4.78, 5) is 37.4. The highest BCUT2D eigenvalue weighted by atomic mass is 16.6. The SMILES string of the molecule is CCOC(=O)[C@@H]1[C@@H]2CC(=O)[C@@H](C2)N1C(=O)OC(C)(C)C. The Morgan fingerprint density at radius 3 is 2.55 bits per heavy atom. The second kappa shape index (κ2) is 5.07. The average Bonchev–Trinajstić information content (AvgIpc) is 2.82. The summed E-state index contributed by atoms with van der Waals surface area (Å²) in [7, 11) is 0. The first kappa shape index (κ1) is 14.8. The Morgan fingerprint density at radius 2 is 2.00 bits per heavy atom. The molecule has 2 rings (SSSR count). The highest BCUT2D eigenvalue weighted by molar-refractivity contribution is 5.95. The van der Waals surface area contributed by atoms with Crippen LogP contribution in [0.3, 0.4) is 0 Å². The molecule has 0 aromatic heterocycles. The van der Waals surface area contributed by atoms with Crippen molar-refractivity contribution >= 4 is 17.8 Å². The number of nitrogens with zero attached hydrogens (tertiary/aromatic N) is 1. The molecular weight excluding hydrogens is 262 g/mol. The minimum absolute atomic E-state index is 0.00130. The van der Waals surface area contributed by atoms with E-state index in [2.05, 4.69) is 0 Å². The molecular formula is C14H21NO5. The molecule has 2 bridgehead atoms. The van der Waals surface area contributed by atoms with Crippen molar-refractivity contribution in [3.05, 3.63) is 0 Å². The van der Waals surface area contributed by atoms with E-state index in [0.29, 0.717) is 12.8 Å². The lowest BCUT2D eigenvalue weighted by Crippen LogP contribution is -2.54. The van der Waals surface area contributed by atoms with Gasteiger partial charge in [0.1, 0.15) is 11.6 Å².